The summed E-state index contributed by atoms with van der Waals surface area (Å²) in [6.07, 6.45) is 3.00. The number of hydrogen-bond donors (Lipinski definition) is 2. The standard InChI is InChI=1S/C21H32N2O3.ClH/c1-13(2)17-11-10-14(3)12-18(17)26-21(25)19(23-20(24)15(4)22)16-8-6-5-7-9-16;/h5-9,13-15,17-19H,10-12,22H2,1-4H3,(H,23,24);1H/t14-,15+,17+,18-,19+;/m1./s1. The van der Waals surface area contributed by atoms with Crippen molar-refractivity contribution in [1.29, 1.82) is 0 Å². The van der Waals surface area contributed by atoms with Crippen LogP contribution in [0, 0.1) is 17.8 Å². The maximum Gasteiger partial charge on any atom is 0.333 e. The van der Waals surface area contributed by atoms with Gasteiger partial charge in [-0.3, -0.25) is 4.79 Å². The zero-order valence-corrected chi connectivity index (χ0v) is 17.5. The Balaban J connectivity index is 0.00000364. The van der Waals surface area contributed by atoms with Gasteiger partial charge in [-0.2, -0.15) is 0 Å². The van der Waals surface area contributed by atoms with Gasteiger partial charge in [0.05, 0.1) is 6.04 Å². The number of carbonyl (C=O) groups excluding carboxylic acids is 2. The Morgan fingerprint density at radius 3 is 2.33 bits per heavy atom. The van der Waals surface area contributed by atoms with Crippen molar-refractivity contribution in [3.8, 4) is 0 Å². The van der Waals surface area contributed by atoms with Crippen LogP contribution in [0.25, 0.3) is 0 Å². The molecular weight excluding hydrogens is 364 g/mol. The zero-order chi connectivity index (χ0) is 19.3. The largest absolute Gasteiger partial charge is 0.460 e. The van der Waals surface area contributed by atoms with Crippen LogP contribution in [0.5, 0.6) is 0 Å². The lowest BCUT2D eigenvalue weighted by molar-refractivity contribution is -0.160. The molecule has 0 spiro atoms. The highest BCUT2D eigenvalue weighted by molar-refractivity contribution is 5.88. The van der Waals surface area contributed by atoms with Crippen LogP contribution in [-0.4, -0.2) is 24.0 Å². The van der Waals surface area contributed by atoms with Crippen molar-refractivity contribution in [2.75, 3.05) is 0 Å². The van der Waals surface area contributed by atoms with Gasteiger partial charge in [-0.15, -0.1) is 12.4 Å². The van der Waals surface area contributed by atoms with Crippen LogP contribution < -0.4 is 11.1 Å². The van der Waals surface area contributed by atoms with E-state index >= 15 is 0 Å². The van der Waals surface area contributed by atoms with Crippen LogP contribution in [0.15, 0.2) is 30.3 Å². The third-order valence-corrected chi connectivity index (χ3v) is 5.30. The quantitative estimate of drug-likeness (QED) is 0.719. The molecule has 152 valence electrons. The summed E-state index contributed by atoms with van der Waals surface area (Å²) in [7, 11) is 0. The van der Waals surface area contributed by atoms with E-state index in [1.807, 2.05) is 30.3 Å². The van der Waals surface area contributed by atoms with E-state index in [2.05, 4.69) is 26.1 Å². The highest BCUT2D eigenvalue weighted by Gasteiger charge is 2.35. The van der Waals surface area contributed by atoms with Crippen LogP contribution in [-0.2, 0) is 14.3 Å². The van der Waals surface area contributed by atoms with Gasteiger partial charge in [0, 0.05) is 0 Å². The van der Waals surface area contributed by atoms with Gasteiger partial charge < -0.3 is 15.8 Å². The highest BCUT2D eigenvalue weighted by atomic mass is 35.5. The summed E-state index contributed by atoms with van der Waals surface area (Å²) in [6, 6.07) is 7.66. The van der Waals surface area contributed by atoms with E-state index in [0.717, 1.165) is 12.8 Å². The highest BCUT2D eigenvalue weighted by Crippen LogP contribution is 2.36. The fraction of sp³-hybridized carbons (Fsp3) is 0.619. The number of nitrogens with one attached hydrogen (secondary N) is 1. The van der Waals surface area contributed by atoms with Crippen molar-refractivity contribution in [3.63, 3.8) is 0 Å². The first kappa shape index (κ1) is 23.4. The van der Waals surface area contributed by atoms with Gasteiger partial charge in [0.25, 0.3) is 0 Å². The number of hydrogen-bond acceptors (Lipinski definition) is 4. The summed E-state index contributed by atoms with van der Waals surface area (Å²) in [4.78, 5) is 25.1. The number of halogens is 1. The molecule has 0 aromatic heterocycles. The number of nitrogens with two attached hydrogens (primary N) is 1. The maximum atomic E-state index is 13.0. The average molecular weight is 397 g/mol. The predicted molar refractivity (Wildman–Crippen MR) is 109 cm³/mol. The van der Waals surface area contributed by atoms with Gasteiger partial charge >= 0.3 is 5.97 Å². The second kappa shape index (κ2) is 10.7. The minimum atomic E-state index is -0.834. The molecule has 0 aliphatic heterocycles. The van der Waals surface area contributed by atoms with Crippen LogP contribution in [0.1, 0.15) is 58.6 Å². The van der Waals surface area contributed by atoms with E-state index in [0.29, 0.717) is 23.3 Å². The third-order valence-electron chi connectivity index (χ3n) is 5.30. The second-order valence-electron chi connectivity index (χ2n) is 7.94. The van der Waals surface area contributed by atoms with Crippen LogP contribution in [0.2, 0.25) is 0 Å². The smallest absolute Gasteiger partial charge is 0.333 e. The second-order valence-corrected chi connectivity index (χ2v) is 7.94. The summed E-state index contributed by atoms with van der Waals surface area (Å²) >= 11 is 0. The Morgan fingerprint density at radius 1 is 1.15 bits per heavy atom. The van der Waals surface area contributed by atoms with E-state index in [-0.39, 0.29) is 24.4 Å². The molecule has 0 unspecified atom stereocenters. The molecule has 6 heteroatoms. The van der Waals surface area contributed by atoms with E-state index in [1.165, 1.54) is 6.42 Å². The summed E-state index contributed by atoms with van der Waals surface area (Å²) in [5.41, 5.74) is 6.37. The van der Waals surface area contributed by atoms with E-state index in [9.17, 15) is 9.59 Å². The van der Waals surface area contributed by atoms with E-state index < -0.39 is 18.1 Å². The molecule has 1 aliphatic rings. The Morgan fingerprint density at radius 2 is 1.78 bits per heavy atom. The number of carbonyl (C=O) groups is 2. The van der Waals surface area contributed by atoms with Crippen molar-refractivity contribution >= 4 is 24.3 Å². The lowest BCUT2D eigenvalue weighted by Gasteiger charge is -2.37. The van der Waals surface area contributed by atoms with Gasteiger partial charge in [0.15, 0.2) is 6.04 Å². The molecule has 0 heterocycles. The zero-order valence-electron chi connectivity index (χ0n) is 16.7. The van der Waals surface area contributed by atoms with Crippen molar-refractivity contribution in [1.82, 2.24) is 5.32 Å². The van der Waals surface area contributed by atoms with Crippen molar-refractivity contribution < 1.29 is 14.3 Å². The van der Waals surface area contributed by atoms with Gasteiger partial charge in [0.1, 0.15) is 6.10 Å². The molecule has 5 nitrogen and oxygen atoms in total. The van der Waals surface area contributed by atoms with Crippen LogP contribution >= 0.6 is 12.4 Å². The number of benzene rings is 1. The fourth-order valence-corrected chi connectivity index (χ4v) is 3.66. The Bertz CT molecular complexity index is 607. The molecule has 1 aromatic carbocycles. The SMILES string of the molecule is CC(C)[C@@H]1CC[C@@H](C)C[C@H]1OC(=O)[C@@H](NC(=O)[C@H](C)N)c1ccccc1.Cl. The van der Waals surface area contributed by atoms with E-state index in [1.54, 1.807) is 6.92 Å². The number of amides is 1. The minimum absolute atomic E-state index is 0. The molecule has 0 bridgehead atoms. The molecule has 1 saturated carbocycles. The Kier molecular flexibility index (Phi) is 9.27. The van der Waals surface area contributed by atoms with Gasteiger partial charge in [0.2, 0.25) is 5.91 Å². The lowest BCUT2D eigenvalue weighted by Crippen LogP contribution is -2.45. The monoisotopic (exact) mass is 396 g/mol. The maximum absolute atomic E-state index is 13.0. The summed E-state index contributed by atoms with van der Waals surface area (Å²) in [5.74, 6) is 0.574. The molecule has 27 heavy (non-hydrogen) atoms. The van der Waals surface area contributed by atoms with Crippen molar-refractivity contribution in [3.05, 3.63) is 35.9 Å². The molecule has 1 aromatic rings. The third kappa shape index (κ3) is 6.51. The molecule has 0 saturated heterocycles. The number of ether oxygens (including phenoxy) is 1. The fourth-order valence-electron chi connectivity index (χ4n) is 3.66. The molecule has 0 radical (unpaired) electrons. The van der Waals surface area contributed by atoms with Crippen LogP contribution in [0.3, 0.4) is 0 Å². The molecule has 1 aliphatic carbocycles. The molecule has 3 N–H and O–H groups in total. The van der Waals surface area contributed by atoms with Crippen molar-refractivity contribution in [2.24, 2.45) is 23.5 Å². The first-order valence-corrected chi connectivity index (χ1v) is 9.61. The summed E-state index contributed by atoms with van der Waals surface area (Å²) in [6.45, 7) is 8.15. The summed E-state index contributed by atoms with van der Waals surface area (Å²) < 4.78 is 5.94. The molecular formula is C21H33ClN2O3. The topological polar surface area (TPSA) is 81.4 Å². The Hall–Kier alpha value is -1.59. The normalized spacial score (nSPS) is 24.4. The van der Waals surface area contributed by atoms with Gasteiger partial charge in [-0.25, -0.2) is 4.79 Å². The molecule has 1 fully saturated rings. The molecule has 2 rings (SSSR count). The van der Waals surface area contributed by atoms with E-state index in [4.69, 9.17) is 10.5 Å². The molecule has 1 amide bonds. The molecule has 5 atom stereocenters. The number of esters is 1. The first-order chi connectivity index (χ1) is 12.3. The van der Waals surface area contributed by atoms with Gasteiger partial charge in [-0.05, 0) is 43.1 Å². The lowest BCUT2D eigenvalue weighted by atomic mass is 9.75. The number of rotatable bonds is 6. The van der Waals surface area contributed by atoms with Gasteiger partial charge in [-0.1, -0.05) is 57.5 Å². The van der Waals surface area contributed by atoms with Crippen molar-refractivity contribution in [2.45, 2.75) is 65.1 Å². The summed E-state index contributed by atoms with van der Waals surface area (Å²) in [5, 5.41) is 2.74. The van der Waals surface area contributed by atoms with Crippen LogP contribution in [0.4, 0.5) is 0 Å². The first-order valence-electron chi connectivity index (χ1n) is 9.61. The predicted octanol–water partition coefficient (Wildman–Crippen LogP) is 3.62. The minimum Gasteiger partial charge on any atom is -0.460 e. The Labute approximate surface area is 168 Å². The average Bonchev–Trinajstić information content (AvgIpc) is 2.59.